The highest BCUT2D eigenvalue weighted by Gasteiger charge is 2.08. The van der Waals surface area contributed by atoms with E-state index in [1.807, 2.05) is 36.4 Å². The lowest BCUT2D eigenvalue weighted by Crippen LogP contribution is -2.20. The molecule has 27 heavy (non-hydrogen) atoms. The molecule has 2 N–H and O–H groups in total. The number of amides is 1. The van der Waals surface area contributed by atoms with Gasteiger partial charge in [0.25, 0.3) is 5.91 Å². The third kappa shape index (κ3) is 5.43. The van der Waals surface area contributed by atoms with Crippen molar-refractivity contribution in [2.45, 2.75) is 6.54 Å². The molecular formula is C20H20N4O3. The average molecular weight is 364 g/mol. The summed E-state index contributed by atoms with van der Waals surface area (Å²) in [6.45, 7) is 0.461. The number of carbonyl (C=O) groups excluding carboxylic acids is 1. The molecule has 0 aliphatic heterocycles. The lowest BCUT2D eigenvalue weighted by atomic mass is 10.3. The Morgan fingerprint density at radius 1 is 1.00 bits per heavy atom. The van der Waals surface area contributed by atoms with Gasteiger partial charge in [0.2, 0.25) is 0 Å². The van der Waals surface area contributed by atoms with Crippen molar-refractivity contribution in [2.24, 2.45) is 0 Å². The SMILES string of the molecule is COc1ccccc1OCC(=O)Nc1ccc(NCc2ccccn2)cn1. The van der Waals surface area contributed by atoms with Crippen molar-refractivity contribution in [3.63, 3.8) is 0 Å². The van der Waals surface area contributed by atoms with Crippen LogP contribution in [0.4, 0.5) is 11.5 Å². The van der Waals surface area contributed by atoms with Crippen LogP contribution in [0.15, 0.2) is 67.0 Å². The van der Waals surface area contributed by atoms with Crippen LogP contribution in [0.25, 0.3) is 0 Å². The first kappa shape index (κ1) is 18.2. The quantitative estimate of drug-likeness (QED) is 0.639. The molecule has 7 heteroatoms. The standard InChI is InChI=1S/C20H20N4O3/c1-26-17-7-2-3-8-18(17)27-14-20(25)24-19-10-9-16(13-23-19)22-12-15-6-4-5-11-21-15/h2-11,13,22H,12,14H2,1H3,(H,23,24,25). The van der Waals surface area contributed by atoms with Crippen LogP contribution in [0, 0.1) is 0 Å². The van der Waals surface area contributed by atoms with Crippen LogP contribution in [0.1, 0.15) is 5.69 Å². The molecule has 2 aromatic heterocycles. The van der Waals surface area contributed by atoms with E-state index in [1.165, 1.54) is 0 Å². The Bertz CT molecular complexity index is 870. The van der Waals surface area contributed by atoms with Crippen LogP contribution in [0.5, 0.6) is 11.5 Å². The maximum absolute atomic E-state index is 12.0. The number of nitrogens with one attached hydrogen (secondary N) is 2. The zero-order chi connectivity index (χ0) is 18.9. The third-order valence-electron chi connectivity index (χ3n) is 3.66. The molecular weight excluding hydrogens is 344 g/mol. The van der Waals surface area contributed by atoms with E-state index < -0.39 is 0 Å². The summed E-state index contributed by atoms with van der Waals surface area (Å²) in [5.74, 6) is 1.23. The second-order valence-electron chi connectivity index (χ2n) is 5.59. The summed E-state index contributed by atoms with van der Waals surface area (Å²) in [5.41, 5.74) is 1.77. The molecule has 7 nitrogen and oxygen atoms in total. The van der Waals surface area contributed by atoms with E-state index in [4.69, 9.17) is 9.47 Å². The summed E-state index contributed by atoms with van der Waals surface area (Å²) in [6, 6.07) is 16.5. The molecule has 1 amide bonds. The number of pyridine rings is 2. The van der Waals surface area contributed by atoms with E-state index >= 15 is 0 Å². The monoisotopic (exact) mass is 364 g/mol. The molecule has 0 spiro atoms. The fourth-order valence-corrected chi connectivity index (χ4v) is 2.33. The van der Waals surface area contributed by atoms with Crippen molar-refractivity contribution in [3.8, 4) is 11.5 Å². The minimum Gasteiger partial charge on any atom is -0.493 e. The van der Waals surface area contributed by atoms with Crippen molar-refractivity contribution < 1.29 is 14.3 Å². The normalized spacial score (nSPS) is 10.1. The van der Waals surface area contributed by atoms with Crippen LogP contribution in [-0.4, -0.2) is 29.6 Å². The fourth-order valence-electron chi connectivity index (χ4n) is 2.33. The summed E-state index contributed by atoms with van der Waals surface area (Å²) in [7, 11) is 1.55. The van der Waals surface area contributed by atoms with E-state index in [9.17, 15) is 4.79 Å². The van der Waals surface area contributed by atoms with Crippen molar-refractivity contribution in [1.82, 2.24) is 9.97 Å². The van der Waals surface area contributed by atoms with Gasteiger partial charge in [0.1, 0.15) is 5.82 Å². The first-order chi connectivity index (χ1) is 13.2. The maximum Gasteiger partial charge on any atom is 0.263 e. The molecule has 0 bridgehead atoms. The summed E-state index contributed by atoms with van der Waals surface area (Å²) in [4.78, 5) is 20.5. The highest BCUT2D eigenvalue weighted by atomic mass is 16.5. The van der Waals surface area contributed by atoms with E-state index in [2.05, 4.69) is 20.6 Å². The fraction of sp³-hybridized carbons (Fsp3) is 0.150. The number of hydrogen-bond donors (Lipinski definition) is 2. The van der Waals surface area contributed by atoms with Gasteiger partial charge in [0.05, 0.1) is 31.2 Å². The lowest BCUT2D eigenvalue weighted by molar-refractivity contribution is -0.118. The molecule has 0 aliphatic rings. The second-order valence-corrected chi connectivity index (χ2v) is 5.59. The lowest BCUT2D eigenvalue weighted by Gasteiger charge is -2.10. The predicted octanol–water partition coefficient (Wildman–Crippen LogP) is 3.11. The van der Waals surface area contributed by atoms with Gasteiger partial charge in [-0.15, -0.1) is 0 Å². The molecule has 138 valence electrons. The van der Waals surface area contributed by atoms with Crippen molar-refractivity contribution in [2.75, 3.05) is 24.4 Å². The molecule has 3 rings (SSSR count). The number of carbonyl (C=O) groups is 1. The third-order valence-corrected chi connectivity index (χ3v) is 3.66. The minimum atomic E-state index is -0.303. The highest BCUT2D eigenvalue weighted by molar-refractivity contribution is 5.91. The number of anilines is 2. The van der Waals surface area contributed by atoms with E-state index in [-0.39, 0.29) is 12.5 Å². The predicted molar refractivity (Wildman–Crippen MR) is 103 cm³/mol. The molecule has 0 fully saturated rings. The Morgan fingerprint density at radius 3 is 2.52 bits per heavy atom. The topological polar surface area (TPSA) is 85.4 Å². The molecule has 2 heterocycles. The average Bonchev–Trinajstić information content (AvgIpc) is 2.72. The van der Waals surface area contributed by atoms with Crippen LogP contribution < -0.4 is 20.1 Å². The van der Waals surface area contributed by atoms with Gasteiger partial charge < -0.3 is 20.1 Å². The number of hydrogen-bond acceptors (Lipinski definition) is 6. The second kappa shape index (κ2) is 9.19. The Labute approximate surface area is 157 Å². The Hall–Kier alpha value is -3.61. The molecule has 0 saturated carbocycles. The zero-order valence-electron chi connectivity index (χ0n) is 14.9. The molecule has 0 radical (unpaired) electrons. The number of rotatable bonds is 8. The van der Waals surface area contributed by atoms with Crippen LogP contribution in [0.2, 0.25) is 0 Å². The minimum absolute atomic E-state index is 0.137. The smallest absolute Gasteiger partial charge is 0.263 e. The molecule has 3 aromatic rings. The summed E-state index contributed by atoms with van der Waals surface area (Å²) < 4.78 is 10.7. The van der Waals surface area contributed by atoms with Gasteiger partial charge in [-0.1, -0.05) is 18.2 Å². The van der Waals surface area contributed by atoms with Gasteiger partial charge in [-0.05, 0) is 36.4 Å². The van der Waals surface area contributed by atoms with Gasteiger partial charge >= 0.3 is 0 Å². The van der Waals surface area contributed by atoms with E-state index in [1.54, 1.807) is 37.7 Å². The van der Waals surface area contributed by atoms with Gasteiger partial charge in [-0.25, -0.2) is 4.98 Å². The number of nitrogens with zero attached hydrogens (tertiary/aromatic N) is 2. The number of para-hydroxylation sites is 2. The molecule has 0 atom stereocenters. The van der Waals surface area contributed by atoms with E-state index in [0.717, 1.165) is 11.4 Å². The molecule has 0 unspecified atom stereocenters. The summed E-state index contributed by atoms with van der Waals surface area (Å²) in [6.07, 6.45) is 3.40. The van der Waals surface area contributed by atoms with Crippen LogP contribution in [0.3, 0.4) is 0 Å². The number of ether oxygens (including phenoxy) is 2. The van der Waals surface area contributed by atoms with Crippen LogP contribution in [-0.2, 0) is 11.3 Å². The van der Waals surface area contributed by atoms with Crippen LogP contribution >= 0.6 is 0 Å². The van der Waals surface area contributed by atoms with Gasteiger partial charge in [0.15, 0.2) is 18.1 Å². The Balaban J connectivity index is 1.48. The zero-order valence-corrected chi connectivity index (χ0v) is 14.9. The maximum atomic E-state index is 12.0. The first-order valence-corrected chi connectivity index (χ1v) is 8.40. The van der Waals surface area contributed by atoms with Crippen molar-refractivity contribution in [1.29, 1.82) is 0 Å². The molecule has 1 aromatic carbocycles. The van der Waals surface area contributed by atoms with Crippen molar-refractivity contribution >= 4 is 17.4 Å². The highest BCUT2D eigenvalue weighted by Crippen LogP contribution is 2.25. The molecule has 0 aliphatic carbocycles. The number of benzene rings is 1. The number of methoxy groups -OCH3 is 1. The van der Waals surface area contributed by atoms with E-state index in [0.29, 0.717) is 23.9 Å². The first-order valence-electron chi connectivity index (χ1n) is 8.40. The molecule has 0 saturated heterocycles. The van der Waals surface area contributed by atoms with Crippen molar-refractivity contribution in [3.05, 3.63) is 72.7 Å². The van der Waals surface area contributed by atoms with Gasteiger partial charge in [-0.3, -0.25) is 9.78 Å². The Morgan fingerprint density at radius 2 is 1.81 bits per heavy atom. The van der Waals surface area contributed by atoms with Gasteiger partial charge in [0, 0.05) is 6.20 Å². The number of aromatic nitrogens is 2. The van der Waals surface area contributed by atoms with Gasteiger partial charge in [-0.2, -0.15) is 0 Å². The Kier molecular flexibility index (Phi) is 6.19. The summed E-state index contributed by atoms with van der Waals surface area (Å²) >= 11 is 0. The summed E-state index contributed by atoms with van der Waals surface area (Å²) in [5, 5.41) is 5.92. The largest absolute Gasteiger partial charge is 0.493 e.